The Hall–Kier alpha value is -5.86. The predicted octanol–water partition coefficient (Wildman–Crippen LogP) is 5.50. The van der Waals surface area contributed by atoms with Gasteiger partial charge in [-0.15, -0.1) is 0 Å². The molecule has 1 aliphatic heterocycles. The molecule has 4 aromatic rings. The Labute approximate surface area is 353 Å². The van der Waals surface area contributed by atoms with Crippen molar-refractivity contribution in [1.82, 2.24) is 40.8 Å². The van der Waals surface area contributed by atoms with Crippen LogP contribution in [0.1, 0.15) is 64.1 Å². The standard InChI is InChI=1S/C46H60N8O6/c1-31-15-14-18-35(48-31)29-52-25-26-54(44(52)59)40(46(5,6)7)42(57)49-37(27-32-16-10-9-11-17-32)38(55)30-53(51-41(56)39(45(2,3)4)50-43(58)60-8)28-33-20-22-34(23-21-33)36-19-12-13-24-47-36/h9-24,37-40,55H,25-30H2,1-8H3,(H,49,57)(H,50,58)(H,51,56)/t37-,38-,39+,40?/m0/s1. The molecule has 0 saturated carbocycles. The molecule has 1 unspecified atom stereocenters. The number of aromatic nitrogens is 2. The molecule has 4 N–H and O–H groups in total. The summed E-state index contributed by atoms with van der Waals surface area (Å²) in [5, 5.41) is 19.6. The maximum Gasteiger partial charge on any atom is 0.407 e. The van der Waals surface area contributed by atoms with Gasteiger partial charge in [0.05, 0.1) is 37.2 Å². The van der Waals surface area contributed by atoms with E-state index >= 15 is 0 Å². The van der Waals surface area contributed by atoms with Crippen LogP contribution in [0.4, 0.5) is 9.59 Å². The van der Waals surface area contributed by atoms with Crippen LogP contribution in [0.3, 0.4) is 0 Å². The number of hydrogen-bond donors (Lipinski definition) is 4. The van der Waals surface area contributed by atoms with Crippen LogP contribution in [0.25, 0.3) is 11.3 Å². The summed E-state index contributed by atoms with van der Waals surface area (Å²) in [7, 11) is 1.23. The molecule has 320 valence electrons. The number of rotatable bonds is 16. The minimum atomic E-state index is -1.22. The van der Waals surface area contributed by atoms with Gasteiger partial charge in [-0.1, -0.05) is 108 Å². The van der Waals surface area contributed by atoms with Gasteiger partial charge in [-0.05, 0) is 59.6 Å². The fourth-order valence-corrected chi connectivity index (χ4v) is 7.40. The maximum atomic E-state index is 14.6. The molecular formula is C46H60N8O6. The van der Waals surface area contributed by atoms with Gasteiger partial charge in [-0.3, -0.25) is 25.0 Å². The van der Waals surface area contributed by atoms with E-state index in [0.717, 1.165) is 33.8 Å². The minimum absolute atomic E-state index is 0.110. The second-order valence-electron chi connectivity index (χ2n) is 17.5. The van der Waals surface area contributed by atoms with Gasteiger partial charge in [-0.2, -0.15) is 0 Å². The van der Waals surface area contributed by atoms with Crippen LogP contribution in [-0.4, -0.2) is 105 Å². The number of pyridine rings is 2. The Bertz CT molecular complexity index is 2050. The number of aliphatic hydroxyl groups is 1. The number of benzene rings is 2. The number of amides is 5. The van der Waals surface area contributed by atoms with E-state index in [4.69, 9.17) is 4.74 Å². The molecule has 4 atom stereocenters. The molecule has 5 amide bonds. The van der Waals surface area contributed by atoms with Gasteiger partial charge in [-0.25, -0.2) is 14.6 Å². The third kappa shape index (κ3) is 12.3. The molecule has 1 fully saturated rings. The lowest BCUT2D eigenvalue weighted by Crippen LogP contribution is -2.61. The summed E-state index contributed by atoms with van der Waals surface area (Å²) in [6, 6.07) is 25.7. The van der Waals surface area contributed by atoms with Gasteiger partial charge in [0, 0.05) is 43.6 Å². The number of nitrogens with one attached hydrogen (secondary N) is 3. The number of ether oxygens (including phenoxy) is 1. The number of aryl methyl sites for hydroxylation is 1. The van der Waals surface area contributed by atoms with E-state index in [9.17, 15) is 24.3 Å². The van der Waals surface area contributed by atoms with E-state index in [2.05, 4.69) is 26.0 Å². The molecule has 60 heavy (non-hydrogen) atoms. The zero-order valence-electron chi connectivity index (χ0n) is 36.0. The fourth-order valence-electron chi connectivity index (χ4n) is 7.40. The average molecular weight is 821 g/mol. The van der Waals surface area contributed by atoms with E-state index in [1.165, 1.54) is 7.11 Å². The number of carbonyl (C=O) groups is 4. The number of hydrazine groups is 1. The van der Waals surface area contributed by atoms with E-state index in [1.807, 2.05) is 139 Å². The molecule has 0 aliphatic carbocycles. The first-order chi connectivity index (χ1) is 28.4. The van der Waals surface area contributed by atoms with Crippen molar-refractivity contribution < 1.29 is 29.0 Å². The number of aliphatic hydroxyl groups excluding tert-OH is 1. The van der Waals surface area contributed by atoms with E-state index in [-0.39, 0.29) is 25.5 Å². The molecule has 0 radical (unpaired) electrons. The lowest BCUT2D eigenvalue weighted by atomic mass is 9.84. The Morgan fingerprint density at radius 1 is 0.833 bits per heavy atom. The SMILES string of the molecule is COC(=O)N[C@H](C(=O)NN(Cc1ccc(-c2ccccn2)cc1)C[C@H](O)[C@H](Cc1ccccc1)NC(=O)C(N1CCN(Cc2cccc(C)n2)C1=O)C(C)(C)C)C(C)(C)C. The van der Waals surface area contributed by atoms with Crippen molar-refractivity contribution >= 4 is 23.9 Å². The smallest absolute Gasteiger partial charge is 0.407 e. The summed E-state index contributed by atoms with van der Waals surface area (Å²) in [6.07, 6.45) is 0.0143. The number of methoxy groups -OCH3 is 1. The van der Waals surface area contributed by atoms with Crippen molar-refractivity contribution in [3.63, 3.8) is 0 Å². The van der Waals surface area contributed by atoms with Crippen LogP contribution in [0.15, 0.2) is 97.2 Å². The van der Waals surface area contributed by atoms with Crippen LogP contribution >= 0.6 is 0 Å². The molecule has 0 bridgehead atoms. The van der Waals surface area contributed by atoms with Gasteiger partial charge in [0.2, 0.25) is 5.91 Å². The quantitative estimate of drug-likeness (QED) is 0.107. The molecule has 14 heteroatoms. The summed E-state index contributed by atoms with van der Waals surface area (Å²) >= 11 is 0. The van der Waals surface area contributed by atoms with Crippen molar-refractivity contribution in [1.29, 1.82) is 0 Å². The normalized spacial score (nSPS) is 15.3. The zero-order valence-corrected chi connectivity index (χ0v) is 36.0. The average Bonchev–Trinajstić information content (AvgIpc) is 3.54. The van der Waals surface area contributed by atoms with Gasteiger partial charge in [0.15, 0.2) is 0 Å². The van der Waals surface area contributed by atoms with Gasteiger partial charge in [0.25, 0.3) is 5.91 Å². The van der Waals surface area contributed by atoms with Crippen molar-refractivity contribution in [3.8, 4) is 11.3 Å². The third-order valence-electron chi connectivity index (χ3n) is 10.4. The highest BCUT2D eigenvalue weighted by molar-refractivity contribution is 5.89. The highest BCUT2D eigenvalue weighted by Crippen LogP contribution is 2.29. The molecular weight excluding hydrogens is 761 g/mol. The number of urea groups is 1. The molecule has 1 saturated heterocycles. The first kappa shape index (κ1) is 45.2. The largest absolute Gasteiger partial charge is 0.453 e. The van der Waals surface area contributed by atoms with Crippen LogP contribution < -0.4 is 16.1 Å². The lowest BCUT2D eigenvalue weighted by Gasteiger charge is -2.38. The van der Waals surface area contributed by atoms with E-state index < -0.39 is 53.0 Å². The second-order valence-corrected chi connectivity index (χ2v) is 17.5. The summed E-state index contributed by atoms with van der Waals surface area (Å²) in [6.45, 7) is 14.3. The number of hydrogen-bond acceptors (Lipinski definition) is 9. The molecule has 2 aromatic heterocycles. The van der Waals surface area contributed by atoms with Gasteiger partial charge < -0.3 is 30.3 Å². The topological polar surface area (TPSA) is 169 Å². The summed E-state index contributed by atoms with van der Waals surface area (Å²) in [4.78, 5) is 67.2. The number of carbonyl (C=O) groups excluding carboxylic acids is 4. The van der Waals surface area contributed by atoms with Crippen LogP contribution in [0, 0.1) is 17.8 Å². The van der Waals surface area contributed by atoms with Crippen LogP contribution in [0.2, 0.25) is 0 Å². The summed E-state index contributed by atoms with van der Waals surface area (Å²) in [5.41, 5.74) is 6.62. The van der Waals surface area contributed by atoms with Gasteiger partial charge >= 0.3 is 12.1 Å². The summed E-state index contributed by atoms with van der Waals surface area (Å²) in [5.74, 6) is -0.915. The van der Waals surface area contributed by atoms with Gasteiger partial charge in [0.1, 0.15) is 12.1 Å². The molecule has 0 spiro atoms. The first-order valence-corrected chi connectivity index (χ1v) is 20.3. The molecule has 1 aliphatic rings. The predicted molar refractivity (Wildman–Crippen MR) is 230 cm³/mol. The van der Waals surface area contributed by atoms with Crippen molar-refractivity contribution in [2.45, 2.75) is 92.2 Å². The Morgan fingerprint density at radius 2 is 1.53 bits per heavy atom. The summed E-state index contributed by atoms with van der Waals surface area (Å²) < 4.78 is 4.83. The molecule has 14 nitrogen and oxygen atoms in total. The van der Waals surface area contributed by atoms with Crippen LogP contribution in [-0.2, 0) is 33.8 Å². The third-order valence-corrected chi connectivity index (χ3v) is 10.4. The Morgan fingerprint density at radius 3 is 2.15 bits per heavy atom. The number of nitrogens with zero attached hydrogens (tertiary/aromatic N) is 5. The monoisotopic (exact) mass is 820 g/mol. The Balaban J connectivity index is 1.42. The minimum Gasteiger partial charge on any atom is -0.453 e. The van der Waals surface area contributed by atoms with E-state index in [1.54, 1.807) is 21.0 Å². The van der Waals surface area contributed by atoms with E-state index in [0.29, 0.717) is 19.6 Å². The number of alkyl carbamates (subject to hydrolysis) is 1. The zero-order chi connectivity index (χ0) is 43.6. The van der Waals surface area contributed by atoms with Crippen molar-refractivity contribution in [2.75, 3.05) is 26.7 Å². The highest BCUT2D eigenvalue weighted by atomic mass is 16.5. The van der Waals surface area contributed by atoms with Crippen LogP contribution in [0.5, 0.6) is 0 Å². The maximum absolute atomic E-state index is 14.6. The Kier molecular flexibility index (Phi) is 15.0. The molecule has 2 aromatic carbocycles. The highest BCUT2D eigenvalue weighted by Gasteiger charge is 2.44. The van der Waals surface area contributed by atoms with Crippen molar-refractivity contribution in [2.24, 2.45) is 10.8 Å². The fraction of sp³-hybridized carbons (Fsp3) is 0.435. The second kappa shape index (κ2) is 19.9. The molecule has 5 rings (SSSR count). The first-order valence-electron chi connectivity index (χ1n) is 20.3. The lowest BCUT2D eigenvalue weighted by molar-refractivity contribution is -0.133. The van der Waals surface area contributed by atoms with Crippen molar-refractivity contribution in [3.05, 3.63) is 120 Å². The molecule has 3 heterocycles.